The van der Waals surface area contributed by atoms with Crippen LogP contribution >= 0.6 is 11.6 Å². The van der Waals surface area contributed by atoms with Crippen LogP contribution in [-0.4, -0.2) is 0 Å². The summed E-state index contributed by atoms with van der Waals surface area (Å²) in [6, 6.07) is 39.1. The Balaban J connectivity index is 0.000000158. The van der Waals surface area contributed by atoms with Crippen molar-refractivity contribution in [2.24, 2.45) is 0 Å². The fourth-order valence-electron chi connectivity index (χ4n) is 6.58. The summed E-state index contributed by atoms with van der Waals surface area (Å²) < 4.78 is 65.4. The second kappa shape index (κ2) is 20.9. The normalized spacial score (nSPS) is 14.1. The lowest BCUT2D eigenvalue weighted by Gasteiger charge is -2.25. The standard InChI is InChI=1S/C18H13ClFN.2C18H13F2N.CH4/c1-13-2-3-15(14-4-8-17(20)9-5-14)12-21(13)18-10-6-16(19)7-11-18;1-13-2-3-15(14-4-6-16(19)7-5-14)12-21(13)18-10-8-17(20)9-11-18;1-13-5-6-15(14-7-9-16(19)10-8-14)12-21(13)18-4-2-3-17(20)11-18;/h3*2-12H,1H2;1H4. The highest BCUT2D eigenvalue weighted by atomic mass is 35.5. The summed E-state index contributed by atoms with van der Waals surface area (Å²) in [4.78, 5) is 5.66. The Morgan fingerprint density at radius 1 is 0.344 bits per heavy atom. The van der Waals surface area contributed by atoms with Crippen LogP contribution in [0.4, 0.5) is 39.0 Å². The smallest absolute Gasteiger partial charge is 0.125 e. The summed E-state index contributed by atoms with van der Waals surface area (Å²) in [6.45, 7) is 12.0. The molecule has 0 unspecified atom stereocenters. The molecule has 64 heavy (non-hydrogen) atoms. The van der Waals surface area contributed by atoms with E-state index >= 15 is 0 Å². The van der Waals surface area contributed by atoms with Gasteiger partial charge in [0.1, 0.15) is 29.1 Å². The molecule has 9 heteroatoms. The second-order valence-corrected chi connectivity index (χ2v) is 14.7. The first-order valence-corrected chi connectivity index (χ1v) is 20.0. The summed E-state index contributed by atoms with van der Waals surface area (Å²) in [7, 11) is 0. The number of allylic oxidation sites excluding steroid dienone is 9. The molecule has 9 rings (SSSR count). The highest BCUT2D eigenvalue weighted by Crippen LogP contribution is 2.32. The molecule has 0 aromatic heterocycles. The van der Waals surface area contributed by atoms with E-state index in [4.69, 9.17) is 11.6 Å². The van der Waals surface area contributed by atoms with Gasteiger partial charge in [-0.25, -0.2) is 22.0 Å². The predicted molar refractivity (Wildman–Crippen MR) is 256 cm³/mol. The van der Waals surface area contributed by atoms with E-state index in [9.17, 15) is 22.0 Å². The zero-order valence-corrected chi connectivity index (χ0v) is 34.5. The molecule has 0 amide bonds. The first kappa shape index (κ1) is 45.8. The van der Waals surface area contributed by atoms with Crippen LogP contribution in [0, 0.1) is 29.1 Å². The lowest BCUT2D eigenvalue weighted by Crippen LogP contribution is -2.16. The van der Waals surface area contributed by atoms with Crippen molar-refractivity contribution in [1.82, 2.24) is 0 Å². The fraction of sp³-hybridized carbons (Fsp3) is 0.0182. The molecule has 0 saturated carbocycles. The van der Waals surface area contributed by atoms with Crippen LogP contribution in [0.5, 0.6) is 0 Å². The van der Waals surface area contributed by atoms with E-state index in [1.54, 1.807) is 54.6 Å². The van der Waals surface area contributed by atoms with Crippen LogP contribution in [0.2, 0.25) is 5.02 Å². The zero-order chi connectivity index (χ0) is 44.5. The Morgan fingerprint density at radius 2 is 0.656 bits per heavy atom. The van der Waals surface area contributed by atoms with Gasteiger partial charge in [-0.1, -0.05) is 99.5 Å². The number of nitrogens with zero attached hydrogens (tertiary/aromatic N) is 3. The molecule has 3 nitrogen and oxygen atoms in total. The van der Waals surface area contributed by atoms with Crippen molar-refractivity contribution in [3.05, 3.63) is 288 Å². The molecule has 0 saturated heterocycles. The average molecular weight is 876 g/mol. The molecule has 3 heterocycles. The second-order valence-electron chi connectivity index (χ2n) is 14.3. The highest BCUT2D eigenvalue weighted by molar-refractivity contribution is 6.30. The summed E-state index contributed by atoms with van der Waals surface area (Å²) >= 11 is 5.92. The van der Waals surface area contributed by atoms with Crippen molar-refractivity contribution in [2.45, 2.75) is 7.43 Å². The van der Waals surface area contributed by atoms with Crippen LogP contribution in [0.3, 0.4) is 0 Å². The summed E-state index contributed by atoms with van der Waals surface area (Å²) in [5.41, 5.74) is 10.5. The number of rotatable bonds is 6. The van der Waals surface area contributed by atoms with E-state index in [0.717, 1.165) is 61.9 Å². The third-order valence-corrected chi connectivity index (χ3v) is 10.2. The Bertz CT molecular complexity index is 2690. The Morgan fingerprint density at radius 3 is 1.00 bits per heavy atom. The van der Waals surface area contributed by atoms with Gasteiger partial charge < -0.3 is 14.7 Å². The molecule has 0 radical (unpaired) electrons. The molecular weight excluding hydrogens is 833 g/mol. The summed E-state index contributed by atoms with van der Waals surface area (Å²) in [6.07, 6.45) is 17.2. The third kappa shape index (κ3) is 11.6. The van der Waals surface area contributed by atoms with Gasteiger partial charge in [0, 0.05) is 57.8 Å². The van der Waals surface area contributed by atoms with Crippen LogP contribution < -0.4 is 14.7 Å². The molecular formula is C55H43ClF5N3. The van der Waals surface area contributed by atoms with E-state index in [1.807, 2.05) is 100 Å². The number of halogens is 6. The first-order valence-electron chi connectivity index (χ1n) is 19.6. The van der Waals surface area contributed by atoms with Crippen LogP contribution in [0.25, 0.3) is 16.7 Å². The Labute approximate surface area is 376 Å². The minimum absolute atomic E-state index is 0. The van der Waals surface area contributed by atoms with Crippen LogP contribution in [0.1, 0.15) is 24.1 Å². The molecule has 0 aliphatic carbocycles. The highest BCUT2D eigenvalue weighted by Gasteiger charge is 2.15. The molecule has 0 atom stereocenters. The van der Waals surface area contributed by atoms with E-state index in [1.165, 1.54) is 60.7 Å². The van der Waals surface area contributed by atoms with Crippen molar-refractivity contribution >= 4 is 45.4 Å². The average Bonchev–Trinajstić information content (AvgIpc) is 3.29. The van der Waals surface area contributed by atoms with E-state index in [0.29, 0.717) is 10.7 Å². The van der Waals surface area contributed by atoms with E-state index in [-0.39, 0.29) is 36.5 Å². The van der Waals surface area contributed by atoms with Crippen molar-refractivity contribution in [3.63, 3.8) is 0 Å². The maximum absolute atomic E-state index is 13.4. The quantitative estimate of drug-likeness (QED) is 0.154. The topological polar surface area (TPSA) is 9.72 Å². The maximum atomic E-state index is 13.4. The molecule has 0 fully saturated rings. The molecule has 0 N–H and O–H groups in total. The Kier molecular flexibility index (Phi) is 15.0. The number of hydrogen-bond donors (Lipinski definition) is 0. The van der Waals surface area contributed by atoms with Gasteiger partial charge in [0.2, 0.25) is 0 Å². The zero-order valence-electron chi connectivity index (χ0n) is 33.8. The summed E-state index contributed by atoms with van der Waals surface area (Å²) in [5, 5.41) is 0.694. The van der Waals surface area contributed by atoms with Gasteiger partial charge in [-0.3, -0.25) is 0 Å². The van der Waals surface area contributed by atoms with E-state index < -0.39 is 0 Å². The van der Waals surface area contributed by atoms with Gasteiger partial charge in [-0.15, -0.1) is 0 Å². The fourth-order valence-corrected chi connectivity index (χ4v) is 6.71. The minimum Gasteiger partial charge on any atom is -0.317 e. The molecule has 0 spiro atoms. The van der Waals surface area contributed by atoms with Gasteiger partial charge in [-0.2, -0.15) is 0 Å². The van der Waals surface area contributed by atoms with Crippen molar-refractivity contribution in [3.8, 4) is 0 Å². The van der Waals surface area contributed by atoms with Crippen molar-refractivity contribution in [1.29, 1.82) is 0 Å². The van der Waals surface area contributed by atoms with Crippen molar-refractivity contribution in [2.75, 3.05) is 14.7 Å². The van der Waals surface area contributed by atoms with Gasteiger partial charge in [-0.05, 0) is 155 Å². The number of hydrogen-bond acceptors (Lipinski definition) is 3. The Hall–Kier alpha value is -7.68. The van der Waals surface area contributed by atoms with Crippen LogP contribution in [0.15, 0.2) is 237 Å². The number of anilines is 3. The molecule has 320 valence electrons. The lowest BCUT2D eigenvalue weighted by atomic mass is 10.0. The summed E-state index contributed by atoms with van der Waals surface area (Å²) in [5.74, 6) is -1.35. The molecule has 3 aliphatic heterocycles. The molecule has 6 aromatic rings. The van der Waals surface area contributed by atoms with Gasteiger partial charge in [0.15, 0.2) is 0 Å². The largest absolute Gasteiger partial charge is 0.317 e. The first-order chi connectivity index (χ1) is 30.4. The molecule has 3 aliphatic rings. The van der Waals surface area contributed by atoms with Crippen LogP contribution in [-0.2, 0) is 0 Å². The molecule has 6 aromatic carbocycles. The predicted octanol–water partition coefficient (Wildman–Crippen LogP) is 15.8. The SMILES string of the molecule is C.C=C1C=CC(c2ccc(F)cc2)=CN1c1ccc(Cl)cc1.C=C1C=CC(c2ccc(F)cc2)=CN1c1ccc(F)cc1.C=C1C=CC(c2ccc(F)cc2)=CN1c1cccc(F)c1. The van der Waals surface area contributed by atoms with Gasteiger partial charge >= 0.3 is 0 Å². The number of benzene rings is 6. The van der Waals surface area contributed by atoms with Gasteiger partial charge in [0.05, 0.1) is 0 Å². The lowest BCUT2D eigenvalue weighted by molar-refractivity contribution is 0.627. The monoisotopic (exact) mass is 875 g/mol. The maximum Gasteiger partial charge on any atom is 0.125 e. The molecule has 0 bridgehead atoms. The van der Waals surface area contributed by atoms with Crippen molar-refractivity contribution < 1.29 is 22.0 Å². The van der Waals surface area contributed by atoms with Gasteiger partial charge in [0.25, 0.3) is 0 Å². The minimum atomic E-state index is -0.299. The van der Waals surface area contributed by atoms with E-state index in [2.05, 4.69) is 19.7 Å². The third-order valence-electron chi connectivity index (χ3n) is 9.93.